The van der Waals surface area contributed by atoms with Crippen molar-refractivity contribution in [2.24, 2.45) is 0 Å². The Bertz CT molecular complexity index is 537. The van der Waals surface area contributed by atoms with Gasteiger partial charge in [0.15, 0.2) is 11.5 Å². The smallest absolute Gasteiger partial charge is 0.389 e. The molecular weight excluding hydrogens is 345 g/mol. The zero-order chi connectivity index (χ0) is 16.3. The second kappa shape index (κ2) is 8.27. The second-order valence-corrected chi connectivity index (χ2v) is 5.86. The van der Waals surface area contributed by atoms with Crippen LogP contribution in [0.3, 0.4) is 0 Å². The van der Waals surface area contributed by atoms with Gasteiger partial charge in [0.2, 0.25) is 0 Å². The third kappa shape index (κ3) is 4.91. The van der Waals surface area contributed by atoms with E-state index in [4.69, 9.17) is 9.47 Å². The first-order valence-corrected chi connectivity index (χ1v) is 7.94. The molecule has 1 atom stereocenters. The SMILES string of the molecule is Cl.FC(F)(F)CC[C@@H](c1ccc2c(c1)OCCO2)N1CCNCC1. The van der Waals surface area contributed by atoms with Crippen molar-refractivity contribution in [2.45, 2.75) is 25.1 Å². The first-order chi connectivity index (χ1) is 11.0. The Hall–Kier alpha value is -1.18. The topological polar surface area (TPSA) is 33.7 Å². The first-order valence-electron chi connectivity index (χ1n) is 7.94. The Balaban J connectivity index is 0.00000208. The van der Waals surface area contributed by atoms with Crippen LogP contribution in [-0.2, 0) is 0 Å². The van der Waals surface area contributed by atoms with Crippen LogP contribution in [0.1, 0.15) is 24.4 Å². The molecule has 1 N–H and O–H groups in total. The van der Waals surface area contributed by atoms with Gasteiger partial charge in [-0.3, -0.25) is 4.90 Å². The Morgan fingerprint density at radius 3 is 2.42 bits per heavy atom. The Morgan fingerprint density at radius 1 is 1.08 bits per heavy atom. The number of fused-ring (bicyclic) bond motifs is 1. The standard InChI is InChI=1S/C16H21F3N2O2.ClH/c17-16(18,19)4-3-13(21-7-5-20-6-8-21)12-1-2-14-15(11-12)23-10-9-22-14;/h1-2,11,13,20H,3-10H2;1H/t13-;/m0./s1. The Labute approximate surface area is 145 Å². The van der Waals surface area contributed by atoms with Crippen molar-refractivity contribution in [3.05, 3.63) is 23.8 Å². The maximum atomic E-state index is 12.7. The van der Waals surface area contributed by atoms with Crippen molar-refractivity contribution in [2.75, 3.05) is 39.4 Å². The molecule has 4 nitrogen and oxygen atoms in total. The lowest BCUT2D eigenvalue weighted by molar-refractivity contribution is -0.138. The van der Waals surface area contributed by atoms with E-state index in [2.05, 4.69) is 10.2 Å². The number of halogens is 4. The van der Waals surface area contributed by atoms with Gasteiger partial charge in [-0.2, -0.15) is 13.2 Å². The minimum atomic E-state index is -4.14. The summed E-state index contributed by atoms with van der Waals surface area (Å²) in [4.78, 5) is 2.12. The molecule has 0 unspecified atom stereocenters. The van der Waals surface area contributed by atoms with Gasteiger partial charge in [0.25, 0.3) is 0 Å². The molecule has 2 aliphatic rings. The normalized spacial score (nSPS) is 19.5. The van der Waals surface area contributed by atoms with E-state index in [0.29, 0.717) is 24.7 Å². The van der Waals surface area contributed by atoms with Crippen LogP contribution in [0, 0.1) is 0 Å². The van der Waals surface area contributed by atoms with Gasteiger partial charge in [-0.25, -0.2) is 0 Å². The quantitative estimate of drug-likeness (QED) is 0.887. The monoisotopic (exact) mass is 366 g/mol. The summed E-state index contributed by atoms with van der Waals surface area (Å²) in [5, 5.41) is 3.23. The fourth-order valence-electron chi connectivity index (χ4n) is 3.12. The number of hydrogen-bond donors (Lipinski definition) is 1. The maximum absolute atomic E-state index is 12.7. The summed E-state index contributed by atoms with van der Waals surface area (Å²) >= 11 is 0. The highest BCUT2D eigenvalue weighted by atomic mass is 35.5. The van der Waals surface area contributed by atoms with Crippen molar-refractivity contribution in [1.82, 2.24) is 10.2 Å². The van der Waals surface area contributed by atoms with Gasteiger partial charge in [-0.05, 0) is 24.1 Å². The largest absolute Gasteiger partial charge is 0.486 e. The Morgan fingerprint density at radius 2 is 1.75 bits per heavy atom. The molecule has 1 fully saturated rings. The van der Waals surface area contributed by atoms with Crippen LogP contribution in [0.25, 0.3) is 0 Å². The number of rotatable bonds is 4. The molecule has 0 spiro atoms. The summed E-state index contributed by atoms with van der Waals surface area (Å²) in [7, 11) is 0. The third-order valence-electron chi connectivity index (χ3n) is 4.24. The zero-order valence-corrected chi connectivity index (χ0v) is 14.1. The van der Waals surface area contributed by atoms with Crippen molar-refractivity contribution in [3.8, 4) is 11.5 Å². The van der Waals surface area contributed by atoms with Crippen LogP contribution < -0.4 is 14.8 Å². The molecule has 1 aromatic rings. The summed E-state index contributed by atoms with van der Waals surface area (Å²) in [6, 6.07) is 5.23. The van der Waals surface area contributed by atoms with Gasteiger partial charge in [0, 0.05) is 38.6 Å². The molecular formula is C16H22ClF3N2O2. The van der Waals surface area contributed by atoms with Crippen LogP contribution in [-0.4, -0.2) is 50.5 Å². The van der Waals surface area contributed by atoms with Crippen LogP contribution in [0.4, 0.5) is 13.2 Å². The van der Waals surface area contributed by atoms with Gasteiger partial charge in [0.05, 0.1) is 0 Å². The number of hydrogen-bond acceptors (Lipinski definition) is 4. The fraction of sp³-hybridized carbons (Fsp3) is 0.625. The number of ether oxygens (including phenoxy) is 2. The molecule has 0 aliphatic carbocycles. The highest BCUT2D eigenvalue weighted by Gasteiger charge is 2.31. The van der Waals surface area contributed by atoms with E-state index in [1.807, 2.05) is 12.1 Å². The predicted molar refractivity (Wildman–Crippen MR) is 87.2 cm³/mol. The molecule has 1 saturated heterocycles. The fourth-order valence-corrected chi connectivity index (χ4v) is 3.12. The molecule has 0 amide bonds. The van der Waals surface area contributed by atoms with Crippen molar-refractivity contribution < 1.29 is 22.6 Å². The highest BCUT2D eigenvalue weighted by Crippen LogP contribution is 2.37. The van der Waals surface area contributed by atoms with E-state index in [1.54, 1.807) is 6.07 Å². The predicted octanol–water partition coefficient (Wildman–Crippen LogP) is 3.17. The van der Waals surface area contributed by atoms with Gasteiger partial charge in [-0.15, -0.1) is 12.4 Å². The third-order valence-corrected chi connectivity index (χ3v) is 4.24. The van der Waals surface area contributed by atoms with E-state index in [0.717, 1.165) is 31.7 Å². The molecule has 136 valence electrons. The zero-order valence-electron chi connectivity index (χ0n) is 13.3. The number of alkyl halides is 3. The molecule has 1 aromatic carbocycles. The van der Waals surface area contributed by atoms with Crippen LogP contribution >= 0.6 is 12.4 Å². The second-order valence-electron chi connectivity index (χ2n) is 5.86. The minimum absolute atomic E-state index is 0. The number of benzene rings is 1. The average molecular weight is 367 g/mol. The first kappa shape index (κ1) is 19.1. The summed E-state index contributed by atoms with van der Waals surface area (Å²) in [6.45, 7) is 4.06. The van der Waals surface area contributed by atoms with Crippen LogP contribution in [0.5, 0.6) is 11.5 Å². The number of nitrogens with zero attached hydrogens (tertiary/aromatic N) is 1. The van der Waals surface area contributed by atoms with E-state index in [1.165, 1.54) is 0 Å². The van der Waals surface area contributed by atoms with Crippen LogP contribution in [0.2, 0.25) is 0 Å². The molecule has 2 heterocycles. The molecule has 0 radical (unpaired) electrons. The minimum Gasteiger partial charge on any atom is -0.486 e. The molecule has 0 bridgehead atoms. The van der Waals surface area contributed by atoms with E-state index < -0.39 is 12.6 Å². The van der Waals surface area contributed by atoms with Crippen LogP contribution in [0.15, 0.2) is 18.2 Å². The van der Waals surface area contributed by atoms with Gasteiger partial charge < -0.3 is 14.8 Å². The highest BCUT2D eigenvalue weighted by molar-refractivity contribution is 5.85. The Kier molecular flexibility index (Phi) is 6.60. The van der Waals surface area contributed by atoms with Crippen molar-refractivity contribution >= 4 is 12.4 Å². The maximum Gasteiger partial charge on any atom is 0.389 e. The molecule has 8 heteroatoms. The summed E-state index contributed by atoms with van der Waals surface area (Å²) < 4.78 is 49.1. The number of piperazine rings is 1. The van der Waals surface area contributed by atoms with Crippen molar-refractivity contribution in [1.29, 1.82) is 0 Å². The molecule has 0 aromatic heterocycles. The summed E-state index contributed by atoms with van der Waals surface area (Å²) in [5.74, 6) is 1.29. The lowest BCUT2D eigenvalue weighted by atomic mass is 9.98. The molecule has 24 heavy (non-hydrogen) atoms. The van der Waals surface area contributed by atoms with E-state index in [-0.39, 0.29) is 24.9 Å². The molecule has 0 saturated carbocycles. The van der Waals surface area contributed by atoms with Gasteiger partial charge in [-0.1, -0.05) is 6.07 Å². The lowest BCUT2D eigenvalue weighted by Gasteiger charge is -2.36. The van der Waals surface area contributed by atoms with E-state index in [9.17, 15) is 13.2 Å². The summed E-state index contributed by atoms with van der Waals surface area (Å²) in [6.07, 6.45) is -4.86. The number of nitrogens with one attached hydrogen (secondary N) is 1. The van der Waals surface area contributed by atoms with Gasteiger partial charge >= 0.3 is 6.18 Å². The average Bonchev–Trinajstić information content (AvgIpc) is 2.55. The van der Waals surface area contributed by atoms with Crippen molar-refractivity contribution in [3.63, 3.8) is 0 Å². The summed E-state index contributed by atoms with van der Waals surface area (Å²) in [5.41, 5.74) is 0.861. The lowest BCUT2D eigenvalue weighted by Crippen LogP contribution is -2.45. The molecule has 3 rings (SSSR count). The molecule has 2 aliphatic heterocycles. The van der Waals surface area contributed by atoms with E-state index >= 15 is 0 Å². The van der Waals surface area contributed by atoms with Gasteiger partial charge in [0.1, 0.15) is 13.2 Å².